The fourth-order valence-electron chi connectivity index (χ4n) is 4.18. The van der Waals surface area contributed by atoms with Gasteiger partial charge in [-0.25, -0.2) is 4.68 Å². The van der Waals surface area contributed by atoms with Gasteiger partial charge in [-0.2, -0.15) is 0 Å². The highest BCUT2D eigenvalue weighted by Crippen LogP contribution is 2.31. The summed E-state index contributed by atoms with van der Waals surface area (Å²) in [5.41, 5.74) is 4.57. The Hall–Kier alpha value is -3.94. The van der Waals surface area contributed by atoms with Crippen LogP contribution in [0.15, 0.2) is 60.8 Å². The molecule has 0 spiro atoms. The van der Waals surface area contributed by atoms with Gasteiger partial charge in [0.05, 0.1) is 11.2 Å². The van der Waals surface area contributed by atoms with Crippen molar-refractivity contribution in [2.75, 3.05) is 4.90 Å². The highest BCUT2D eigenvalue weighted by atomic mass is 16.2. The van der Waals surface area contributed by atoms with Gasteiger partial charge in [0.1, 0.15) is 12.1 Å². The zero-order valence-corrected chi connectivity index (χ0v) is 21.8. The van der Waals surface area contributed by atoms with Crippen LogP contribution in [0.5, 0.6) is 0 Å². The first-order valence-corrected chi connectivity index (χ1v) is 12.2. The average Bonchev–Trinajstić information content (AvgIpc) is 3.45. The molecular formula is C28H34N6O2. The fraction of sp³-hybridized carbons (Fsp3) is 0.357. The van der Waals surface area contributed by atoms with Gasteiger partial charge < -0.3 is 9.88 Å². The van der Waals surface area contributed by atoms with Crippen LogP contribution in [-0.4, -0.2) is 36.9 Å². The number of amides is 2. The van der Waals surface area contributed by atoms with Crippen LogP contribution in [0, 0.1) is 13.8 Å². The molecule has 1 N–H and O–H groups in total. The zero-order valence-electron chi connectivity index (χ0n) is 21.8. The molecule has 0 aliphatic heterocycles. The molecule has 2 aromatic carbocycles. The molecule has 0 fully saturated rings. The normalized spacial score (nSPS) is 12.5. The number of anilines is 1. The van der Waals surface area contributed by atoms with Crippen molar-refractivity contribution < 1.29 is 9.59 Å². The molecule has 1 atom stereocenters. The third kappa shape index (κ3) is 5.03. The van der Waals surface area contributed by atoms with Crippen LogP contribution in [0.1, 0.15) is 50.1 Å². The predicted octanol–water partition coefficient (Wildman–Crippen LogP) is 4.47. The van der Waals surface area contributed by atoms with Crippen molar-refractivity contribution in [3.05, 3.63) is 77.6 Å². The van der Waals surface area contributed by atoms with E-state index in [1.165, 1.54) is 0 Å². The standard InChI is InChI=1S/C28H34N6O2/c1-7-28(4,5)29-27(36)26(24-13-10-16-32(24)6)34(21-15-14-19(2)20(3)17-21)25(35)18-33-23-12-9-8-11-22(23)30-31-33/h8-17,26H,7,18H2,1-6H3,(H,29,36)/t26-/m1/s1. The van der Waals surface area contributed by atoms with Gasteiger partial charge in [-0.3, -0.25) is 14.5 Å². The van der Waals surface area contributed by atoms with E-state index in [9.17, 15) is 9.59 Å². The van der Waals surface area contributed by atoms with E-state index < -0.39 is 11.6 Å². The lowest BCUT2D eigenvalue weighted by atomic mass is 10.00. The van der Waals surface area contributed by atoms with Crippen LogP contribution in [0.4, 0.5) is 5.69 Å². The van der Waals surface area contributed by atoms with E-state index in [2.05, 4.69) is 15.6 Å². The van der Waals surface area contributed by atoms with E-state index in [-0.39, 0.29) is 18.4 Å². The van der Waals surface area contributed by atoms with Crippen LogP contribution in [-0.2, 0) is 23.2 Å². The molecule has 2 aromatic heterocycles. The summed E-state index contributed by atoms with van der Waals surface area (Å²) in [5.74, 6) is -0.497. The van der Waals surface area contributed by atoms with Gasteiger partial charge >= 0.3 is 0 Å². The molecule has 0 aliphatic rings. The maximum absolute atomic E-state index is 14.1. The molecular weight excluding hydrogens is 452 g/mol. The summed E-state index contributed by atoms with van der Waals surface area (Å²) in [6.07, 6.45) is 2.63. The summed E-state index contributed by atoms with van der Waals surface area (Å²) >= 11 is 0. The highest BCUT2D eigenvalue weighted by molar-refractivity contribution is 6.01. The zero-order chi connectivity index (χ0) is 26.0. The number of carbonyl (C=O) groups excluding carboxylic acids is 2. The van der Waals surface area contributed by atoms with Crippen molar-refractivity contribution in [3.63, 3.8) is 0 Å². The second kappa shape index (κ2) is 9.97. The topological polar surface area (TPSA) is 85.0 Å². The third-order valence-electron chi connectivity index (χ3n) is 6.86. The SMILES string of the molecule is CCC(C)(C)NC(=O)[C@@H](c1cccn1C)N(C(=O)Cn1nnc2ccccc21)c1ccc(C)c(C)c1. The minimum Gasteiger partial charge on any atom is -0.352 e. The minimum atomic E-state index is -0.875. The minimum absolute atomic E-state index is 0.0567. The first-order chi connectivity index (χ1) is 17.1. The first-order valence-electron chi connectivity index (χ1n) is 12.2. The van der Waals surface area contributed by atoms with Crippen LogP contribution in [0.2, 0.25) is 0 Å². The van der Waals surface area contributed by atoms with E-state index in [1.54, 1.807) is 9.58 Å². The first kappa shape index (κ1) is 25.2. The van der Waals surface area contributed by atoms with Crippen molar-refractivity contribution in [1.29, 1.82) is 0 Å². The number of benzene rings is 2. The molecule has 0 aliphatic carbocycles. The number of hydrogen-bond acceptors (Lipinski definition) is 4. The van der Waals surface area contributed by atoms with Crippen LogP contribution < -0.4 is 10.2 Å². The fourth-order valence-corrected chi connectivity index (χ4v) is 4.18. The van der Waals surface area contributed by atoms with Crippen molar-refractivity contribution in [2.45, 2.75) is 59.2 Å². The quantitative estimate of drug-likeness (QED) is 0.398. The predicted molar refractivity (Wildman–Crippen MR) is 142 cm³/mol. The average molecular weight is 487 g/mol. The van der Waals surface area contributed by atoms with Crippen molar-refractivity contribution in [3.8, 4) is 0 Å². The number of para-hydroxylation sites is 1. The van der Waals surface area contributed by atoms with Gasteiger partial charge in [-0.1, -0.05) is 30.3 Å². The van der Waals surface area contributed by atoms with E-state index in [0.29, 0.717) is 11.2 Å². The number of nitrogens with one attached hydrogen (secondary N) is 1. The molecule has 36 heavy (non-hydrogen) atoms. The molecule has 4 aromatic rings. The van der Waals surface area contributed by atoms with Gasteiger partial charge in [-0.05, 0) is 81.6 Å². The lowest BCUT2D eigenvalue weighted by molar-refractivity contribution is -0.128. The van der Waals surface area contributed by atoms with Crippen LogP contribution >= 0.6 is 0 Å². The number of rotatable bonds is 8. The Labute approximate surface area is 211 Å². The maximum atomic E-state index is 14.1. The maximum Gasteiger partial charge on any atom is 0.249 e. The summed E-state index contributed by atoms with van der Waals surface area (Å²) in [7, 11) is 1.88. The highest BCUT2D eigenvalue weighted by Gasteiger charge is 2.36. The Kier molecular flexibility index (Phi) is 6.97. The Morgan fingerprint density at radius 2 is 1.81 bits per heavy atom. The van der Waals surface area contributed by atoms with E-state index in [1.807, 2.05) is 107 Å². The summed E-state index contributed by atoms with van der Waals surface area (Å²) in [5, 5.41) is 11.6. The Morgan fingerprint density at radius 3 is 2.47 bits per heavy atom. The summed E-state index contributed by atoms with van der Waals surface area (Å²) in [6, 6.07) is 16.2. The lowest BCUT2D eigenvalue weighted by Crippen LogP contribution is -2.51. The molecule has 2 amide bonds. The second-order valence-corrected chi connectivity index (χ2v) is 9.94. The van der Waals surface area contributed by atoms with Crippen molar-refractivity contribution in [2.24, 2.45) is 7.05 Å². The van der Waals surface area contributed by atoms with Gasteiger partial charge in [0.25, 0.3) is 0 Å². The molecule has 0 bridgehead atoms. The van der Waals surface area contributed by atoms with Gasteiger partial charge in [0.2, 0.25) is 11.8 Å². The molecule has 0 radical (unpaired) electrons. The largest absolute Gasteiger partial charge is 0.352 e. The van der Waals surface area contributed by atoms with E-state index >= 15 is 0 Å². The molecule has 4 rings (SSSR count). The number of fused-ring (bicyclic) bond motifs is 1. The summed E-state index contributed by atoms with van der Waals surface area (Å²) in [6.45, 7) is 9.97. The Bertz CT molecular complexity index is 1400. The Balaban J connectivity index is 1.83. The number of aromatic nitrogens is 4. The van der Waals surface area contributed by atoms with E-state index in [0.717, 1.165) is 28.8 Å². The molecule has 0 saturated heterocycles. The Morgan fingerprint density at radius 1 is 1.06 bits per heavy atom. The molecule has 2 heterocycles. The summed E-state index contributed by atoms with van der Waals surface area (Å²) < 4.78 is 3.47. The second-order valence-electron chi connectivity index (χ2n) is 9.94. The van der Waals surface area contributed by atoms with Crippen LogP contribution in [0.25, 0.3) is 11.0 Å². The molecule has 8 heteroatoms. The van der Waals surface area contributed by atoms with E-state index in [4.69, 9.17) is 0 Å². The molecule has 8 nitrogen and oxygen atoms in total. The van der Waals surface area contributed by atoms with Gasteiger partial charge in [0, 0.05) is 24.5 Å². The van der Waals surface area contributed by atoms with Crippen molar-refractivity contribution >= 4 is 28.5 Å². The molecule has 188 valence electrons. The monoisotopic (exact) mass is 486 g/mol. The molecule has 0 saturated carbocycles. The third-order valence-corrected chi connectivity index (χ3v) is 6.86. The lowest BCUT2D eigenvalue weighted by Gasteiger charge is -2.35. The van der Waals surface area contributed by atoms with Crippen molar-refractivity contribution in [1.82, 2.24) is 24.9 Å². The number of hydrogen-bond donors (Lipinski definition) is 1. The van der Waals surface area contributed by atoms with Gasteiger partial charge in [-0.15, -0.1) is 5.10 Å². The summed E-state index contributed by atoms with van der Waals surface area (Å²) in [4.78, 5) is 29.6. The number of nitrogens with zero attached hydrogens (tertiary/aromatic N) is 5. The smallest absolute Gasteiger partial charge is 0.249 e. The van der Waals surface area contributed by atoms with Crippen LogP contribution in [0.3, 0.4) is 0 Å². The number of aryl methyl sites for hydroxylation is 3. The van der Waals surface area contributed by atoms with Gasteiger partial charge in [0.15, 0.2) is 6.04 Å². The molecule has 0 unspecified atom stereocenters. The number of carbonyl (C=O) groups is 2.